The van der Waals surface area contributed by atoms with Gasteiger partial charge in [0.15, 0.2) is 0 Å². The van der Waals surface area contributed by atoms with Crippen molar-refractivity contribution in [3.8, 4) is 0 Å². The van der Waals surface area contributed by atoms with Crippen LogP contribution in [0, 0.1) is 0 Å². The number of hydrogen-bond donors (Lipinski definition) is 1. The molecule has 1 atom stereocenters. The van der Waals surface area contributed by atoms with Crippen LogP contribution in [0.4, 0.5) is 0 Å². The van der Waals surface area contributed by atoms with Crippen LogP contribution in [0.2, 0.25) is 0 Å². The molecule has 2 heterocycles. The van der Waals surface area contributed by atoms with Crippen LogP contribution in [0.25, 0.3) is 10.2 Å². The van der Waals surface area contributed by atoms with E-state index in [0.717, 1.165) is 29.5 Å². The molecule has 1 aliphatic rings. The summed E-state index contributed by atoms with van der Waals surface area (Å²) in [6.45, 7) is 0.636. The van der Waals surface area contributed by atoms with E-state index in [1.54, 1.807) is 16.5 Å². The molecule has 110 valence electrons. The predicted molar refractivity (Wildman–Crippen MR) is 80.5 cm³/mol. The Morgan fingerprint density at radius 3 is 3.05 bits per heavy atom. The first-order valence-electron chi connectivity index (χ1n) is 7.01. The van der Waals surface area contributed by atoms with E-state index < -0.39 is 5.97 Å². The lowest BCUT2D eigenvalue weighted by Crippen LogP contribution is -2.44. The Hall–Kier alpha value is -1.95. The number of fused-ring (bicyclic) bond motifs is 1. The van der Waals surface area contributed by atoms with Crippen molar-refractivity contribution in [2.45, 2.75) is 31.7 Å². The van der Waals surface area contributed by atoms with Gasteiger partial charge in [0.25, 0.3) is 5.91 Å². The Labute approximate surface area is 126 Å². The molecular weight excluding hydrogens is 288 g/mol. The van der Waals surface area contributed by atoms with Gasteiger partial charge in [-0.2, -0.15) is 0 Å². The van der Waals surface area contributed by atoms with Gasteiger partial charge in [-0.15, -0.1) is 11.3 Å². The van der Waals surface area contributed by atoms with Gasteiger partial charge < -0.3 is 10.0 Å². The number of amides is 1. The zero-order valence-electron chi connectivity index (χ0n) is 11.5. The molecule has 1 aromatic carbocycles. The Bertz CT molecular complexity index is 682. The minimum absolute atomic E-state index is 0.0224. The zero-order chi connectivity index (χ0) is 14.8. The van der Waals surface area contributed by atoms with Crippen molar-refractivity contribution in [1.29, 1.82) is 0 Å². The van der Waals surface area contributed by atoms with Crippen LogP contribution in [0.15, 0.2) is 23.7 Å². The molecule has 1 amide bonds. The number of hydrogen-bond acceptors (Lipinski definition) is 4. The molecule has 1 unspecified atom stereocenters. The predicted octanol–water partition coefficient (Wildman–Crippen LogP) is 2.77. The normalized spacial score (nSPS) is 18.9. The molecule has 3 rings (SSSR count). The topological polar surface area (TPSA) is 70.5 Å². The van der Waals surface area contributed by atoms with Crippen molar-refractivity contribution in [3.05, 3.63) is 29.3 Å². The Kier molecular flexibility index (Phi) is 3.88. The summed E-state index contributed by atoms with van der Waals surface area (Å²) < 4.78 is 0.979. The molecule has 0 aliphatic carbocycles. The standard InChI is InChI=1S/C15H16N2O3S/c18-14(19)8-11-3-1-2-6-17(11)15(20)10-4-5-12-13(7-10)21-9-16-12/h4-5,7,9,11H,1-3,6,8H2,(H,18,19). The third kappa shape index (κ3) is 2.90. The molecule has 0 radical (unpaired) electrons. The summed E-state index contributed by atoms with van der Waals surface area (Å²) in [4.78, 5) is 29.6. The number of carbonyl (C=O) groups is 2. The maximum atomic E-state index is 12.7. The number of aromatic nitrogens is 1. The monoisotopic (exact) mass is 304 g/mol. The van der Waals surface area contributed by atoms with Gasteiger partial charge in [-0.25, -0.2) is 4.98 Å². The molecular formula is C15H16N2O3S. The van der Waals surface area contributed by atoms with Crippen LogP contribution in [-0.4, -0.2) is 39.5 Å². The number of carbonyl (C=O) groups excluding carboxylic acids is 1. The van der Waals surface area contributed by atoms with Crippen molar-refractivity contribution in [1.82, 2.24) is 9.88 Å². The van der Waals surface area contributed by atoms with Gasteiger partial charge in [-0.05, 0) is 37.5 Å². The molecule has 0 bridgehead atoms. The summed E-state index contributed by atoms with van der Waals surface area (Å²) in [6.07, 6.45) is 2.70. The number of rotatable bonds is 3. The van der Waals surface area contributed by atoms with Crippen LogP contribution in [-0.2, 0) is 4.79 Å². The molecule has 6 heteroatoms. The fourth-order valence-electron chi connectivity index (χ4n) is 2.84. The molecule has 0 spiro atoms. The number of benzene rings is 1. The molecule has 2 aromatic rings. The molecule has 0 saturated carbocycles. The van der Waals surface area contributed by atoms with Crippen LogP contribution in [0.3, 0.4) is 0 Å². The van der Waals surface area contributed by atoms with E-state index in [4.69, 9.17) is 5.11 Å². The van der Waals surface area contributed by atoms with E-state index >= 15 is 0 Å². The Balaban J connectivity index is 1.85. The number of likely N-dealkylation sites (tertiary alicyclic amines) is 1. The average molecular weight is 304 g/mol. The second-order valence-electron chi connectivity index (χ2n) is 5.28. The van der Waals surface area contributed by atoms with Crippen molar-refractivity contribution < 1.29 is 14.7 Å². The van der Waals surface area contributed by atoms with Crippen molar-refractivity contribution >= 4 is 33.4 Å². The third-order valence-corrected chi connectivity index (χ3v) is 4.67. The van der Waals surface area contributed by atoms with E-state index in [-0.39, 0.29) is 18.4 Å². The molecule has 1 N–H and O–H groups in total. The summed E-state index contributed by atoms with van der Waals surface area (Å²) in [6, 6.07) is 5.27. The zero-order valence-corrected chi connectivity index (χ0v) is 12.3. The van der Waals surface area contributed by atoms with Gasteiger partial charge in [0.2, 0.25) is 0 Å². The van der Waals surface area contributed by atoms with E-state index in [1.165, 1.54) is 11.3 Å². The van der Waals surface area contributed by atoms with Gasteiger partial charge >= 0.3 is 5.97 Å². The highest BCUT2D eigenvalue weighted by atomic mass is 32.1. The highest BCUT2D eigenvalue weighted by Crippen LogP contribution is 2.24. The highest BCUT2D eigenvalue weighted by molar-refractivity contribution is 7.16. The van der Waals surface area contributed by atoms with Crippen molar-refractivity contribution in [2.24, 2.45) is 0 Å². The van der Waals surface area contributed by atoms with E-state index in [1.807, 2.05) is 12.1 Å². The number of carboxylic acids is 1. The Morgan fingerprint density at radius 1 is 1.38 bits per heavy atom. The molecule has 21 heavy (non-hydrogen) atoms. The molecule has 1 aromatic heterocycles. The lowest BCUT2D eigenvalue weighted by molar-refractivity contribution is -0.138. The van der Waals surface area contributed by atoms with E-state index in [0.29, 0.717) is 12.1 Å². The fraction of sp³-hybridized carbons (Fsp3) is 0.400. The second-order valence-corrected chi connectivity index (χ2v) is 6.17. The summed E-state index contributed by atoms with van der Waals surface area (Å²) in [7, 11) is 0. The quantitative estimate of drug-likeness (QED) is 0.946. The minimum atomic E-state index is -0.849. The van der Waals surface area contributed by atoms with Crippen molar-refractivity contribution in [2.75, 3.05) is 6.54 Å². The van der Waals surface area contributed by atoms with Crippen LogP contribution in [0.1, 0.15) is 36.0 Å². The third-order valence-electron chi connectivity index (χ3n) is 3.88. The molecule has 1 fully saturated rings. The number of thiazole rings is 1. The lowest BCUT2D eigenvalue weighted by Gasteiger charge is -2.35. The number of aliphatic carboxylic acids is 1. The van der Waals surface area contributed by atoms with Gasteiger partial charge in [-0.3, -0.25) is 9.59 Å². The van der Waals surface area contributed by atoms with Gasteiger partial charge in [0.05, 0.1) is 22.1 Å². The first-order chi connectivity index (χ1) is 10.1. The summed E-state index contributed by atoms with van der Waals surface area (Å²) in [5.41, 5.74) is 3.26. The van der Waals surface area contributed by atoms with Crippen LogP contribution >= 0.6 is 11.3 Å². The van der Waals surface area contributed by atoms with E-state index in [2.05, 4.69) is 4.98 Å². The number of piperidine rings is 1. The van der Waals surface area contributed by atoms with Crippen molar-refractivity contribution in [3.63, 3.8) is 0 Å². The number of nitrogens with zero attached hydrogens (tertiary/aromatic N) is 2. The second kappa shape index (κ2) is 5.81. The largest absolute Gasteiger partial charge is 0.481 e. The fourth-order valence-corrected chi connectivity index (χ4v) is 3.55. The number of carboxylic acid groups (broad SMARTS) is 1. The average Bonchev–Trinajstić information content (AvgIpc) is 2.94. The van der Waals surface area contributed by atoms with Gasteiger partial charge in [-0.1, -0.05) is 0 Å². The summed E-state index contributed by atoms with van der Waals surface area (Å²) >= 11 is 1.50. The summed E-state index contributed by atoms with van der Waals surface area (Å²) in [5, 5.41) is 9.00. The van der Waals surface area contributed by atoms with Gasteiger partial charge in [0, 0.05) is 18.2 Å². The maximum Gasteiger partial charge on any atom is 0.305 e. The van der Waals surface area contributed by atoms with Crippen LogP contribution < -0.4 is 0 Å². The smallest absolute Gasteiger partial charge is 0.305 e. The van der Waals surface area contributed by atoms with E-state index in [9.17, 15) is 9.59 Å². The lowest BCUT2D eigenvalue weighted by atomic mass is 9.98. The molecule has 1 saturated heterocycles. The minimum Gasteiger partial charge on any atom is -0.481 e. The first-order valence-corrected chi connectivity index (χ1v) is 7.89. The van der Waals surface area contributed by atoms with Crippen LogP contribution in [0.5, 0.6) is 0 Å². The maximum absolute atomic E-state index is 12.7. The Morgan fingerprint density at radius 2 is 2.24 bits per heavy atom. The highest BCUT2D eigenvalue weighted by Gasteiger charge is 2.29. The molecule has 1 aliphatic heterocycles. The summed E-state index contributed by atoms with van der Waals surface area (Å²) in [5.74, 6) is -0.922. The molecule has 5 nitrogen and oxygen atoms in total. The SMILES string of the molecule is O=C(O)CC1CCCCN1C(=O)c1ccc2ncsc2c1. The first kappa shape index (κ1) is 14.0. The van der Waals surface area contributed by atoms with Gasteiger partial charge in [0.1, 0.15) is 0 Å².